The summed E-state index contributed by atoms with van der Waals surface area (Å²) in [5.74, 6) is 0.0245. The minimum absolute atomic E-state index is 0.0245. The van der Waals surface area contributed by atoms with E-state index >= 15 is 0 Å². The van der Waals surface area contributed by atoms with Crippen LogP contribution in [0.4, 0.5) is 0 Å². The van der Waals surface area contributed by atoms with E-state index in [0.717, 1.165) is 31.2 Å². The molecular formula is C18H28N2O3S. The van der Waals surface area contributed by atoms with Crippen LogP contribution in [-0.4, -0.2) is 38.4 Å². The topological polar surface area (TPSA) is 66.5 Å². The molecule has 134 valence electrons. The first-order valence-corrected chi connectivity index (χ1v) is 10.2. The quantitative estimate of drug-likeness (QED) is 0.801. The maximum atomic E-state index is 12.3. The Morgan fingerprint density at radius 3 is 2.25 bits per heavy atom. The van der Waals surface area contributed by atoms with E-state index in [0.29, 0.717) is 6.54 Å². The van der Waals surface area contributed by atoms with E-state index in [1.54, 1.807) is 31.2 Å². The van der Waals surface area contributed by atoms with Gasteiger partial charge in [-0.1, -0.05) is 43.4 Å². The number of carbonyl (C=O) groups excluding carboxylic acids is 1. The fraction of sp³-hybridized carbons (Fsp3) is 0.611. The number of hydrogen-bond donors (Lipinski definition) is 1. The third-order valence-electron chi connectivity index (χ3n) is 4.65. The molecule has 5 nitrogen and oxygen atoms in total. The number of amides is 1. The fourth-order valence-corrected chi connectivity index (χ4v) is 4.29. The van der Waals surface area contributed by atoms with Crippen LogP contribution < -0.4 is 4.72 Å². The van der Waals surface area contributed by atoms with Gasteiger partial charge in [-0.15, -0.1) is 0 Å². The molecule has 0 aliphatic heterocycles. The van der Waals surface area contributed by atoms with Crippen molar-refractivity contribution >= 4 is 15.9 Å². The van der Waals surface area contributed by atoms with Crippen molar-refractivity contribution in [2.45, 2.75) is 63.3 Å². The average Bonchev–Trinajstić information content (AvgIpc) is 2.80. The zero-order chi connectivity index (χ0) is 17.6. The summed E-state index contributed by atoms with van der Waals surface area (Å²) in [5, 5.41) is 0. The minimum atomic E-state index is -3.52. The summed E-state index contributed by atoms with van der Waals surface area (Å²) < 4.78 is 27.2. The Kier molecular flexibility index (Phi) is 6.80. The Bertz CT molecular complexity index is 633. The monoisotopic (exact) mass is 352 g/mol. The van der Waals surface area contributed by atoms with Gasteiger partial charge in [0.05, 0.1) is 4.90 Å². The average molecular weight is 353 g/mol. The van der Waals surface area contributed by atoms with Crippen molar-refractivity contribution in [1.29, 1.82) is 0 Å². The first kappa shape index (κ1) is 18.9. The van der Waals surface area contributed by atoms with Gasteiger partial charge >= 0.3 is 0 Å². The molecular weight excluding hydrogens is 324 g/mol. The highest BCUT2D eigenvalue weighted by Crippen LogP contribution is 2.22. The van der Waals surface area contributed by atoms with Crippen molar-refractivity contribution in [3.05, 3.63) is 29.8 Å². The van der Waals surface area contributed by atoms with Gasteiger partial charge in [0.2, 0.25) is 15.9 Å². The van der Waals surface area contributed by atoms with Crippen molar-refractivity contribution in [2.75, 3.05) is 13.1 Å². The molecule has 0 heterocycles. The molecule has 0 spiro atoms. The lowest BCUT2D eigenvalue weighted by molar-refractivity contribution is -0.131. The maximum Gasteiger partial charge on any atom is 0.240 e. The fourth-order valence-electron chi connectivity index (χ4n) is 3.27. The van der Waals surface area contributed by atoms with E-state index < -0.39 is 10.0 Å². The lowest BCUT2D eigenvalue weighted by Gasteiger charge is -2.30. The molecule has 0 saturated heterocycles. The number of sulfonamides is 1. The van der Waals surface area contributed by atoms with E-state index in [2.05, 4.69) is 4.72 Å². The van der Waals surface area contributed by atoms with Crippen LogP contribution in [0.3, 0.4) is 0 Å². The summed E-state index contributed by atoms with van der Waals surface area (Å²) in [6.07, 6.45) is 6.77. The molecule has 1 amide bonds. The van der Waals surface area contributed by atoms with Crippen LogP contribution in [0.2, 0.25) is 0 Å². The molecule has 1 N–H and O–H groups in total. The lowest BCUT2D eigenvalue weighted by atomic mass is 10.1. The van der Waals surface area contributed by atoms with Gasteiger partial charge in [0.25, 0.3) is 0 Å². The molecule has 0 bridgehead atoms. The zero-order valence-electron chi connectivity index (χ0n) is 14.6. The van der Waals surface area contributed by atoms with E-state index in [-0.39, 0.29) is 23.4 Å². The molecule has 24 heavy (non-hydrogen) atoms. The largest absolute Gasteiger partial charge is 0.339 e. The van der Waals surface area contributed by atoms with Crippen LogP contribution in [0.25, 0.3) is 0 Å². The number of hydrogen-bond acceptors (Lipinski definition) is 3. The molecule has 0 atom stereocenters. The Hall–Kier alpha value is -1.40. The van der Waals surface area contributed by atoms with Gasteiger partial charge in [0.1, 0.15) is 0 Å². The summed E-state index contributed by atoms with van der Waals surface area (Å²) in [4.78, 5) is 14.1. The van der Waals surface area contributed by atoms with Crippen molar-refractivity contribution in [3.63, 3.8) is 0 Å². The van der Waals surface area contributed by atoms with E-state index in [9.17, 15) is 13.2 Å². The molecule has 1 aliphatic carbocycles. The van der Waals surface area contributed by atoms with Crippen LogP contribution in [0.15, 0.2) is 29.2 Å². The van der Waals surface area contributed by atoms with E-state index in [4.69, 9.17) is 0 Å². The number of benzene rings is 1. The number of aryl methyl sites for hydroxylation is 1. The minimum Gasteiger partial charge on any atom is -0.339 e. The first-order chi connectivity index (χ1) is 11.4. The molecule has 6 heteroatoms. The second-order valence-electron chi connectivity index (χ2n) is 6.57. The molecule has 1 aromatic carbocycles. The number of carbonyl (C=O) groups is 1. The van der Waals surface area contributed by atoms with Gasteiger partial charge in [0.15, 0.2) is 0 Å². The SMILES string of the molecule is CC(=O)N(CCNS(=O)(=O)c1ccc(C)cc1)C1CCCCCC1. The van der Waals surface area contributed by atoms with Crippen LogP contribution in [0, 0.1) is 6.92 Å². The van der Waals surface area contributed by atoms with Gasteiger partial charge < -0.3 is 4.90 Å². The Morgan fingerprint density at radius 2 is 1.71 bits per heavy atom. The summed E-state index contributed by atoms with van der Waals surface area (Å²) in [7, 11) is -3.52. The van der Waals surface area contributed by atoms with Crippen molar-refractivity contribution in [2.24, 2.45) is 0 Å². The van der Waals surface area contributed by atoms with Crippen LogP contribution in [0.1, 0.15) is 51.0 Å². The molecule has 0 unspecified atom stereocenters. The zero-order valence-corrected chi connectivity index (χ0v) is 15.4. The highest BCUT2D eigenvalue weighted by molar-refractivity contribution is 7.89. The molecule has 1 saturated carbocycles. The third-order valence-corrected chi connectivity index (χ3v) is 6.12. The standard InChI is InChI=1S/C18H28N2O3S/c1-15-9-11-18(12-10-15)24(22,23)19-13-14-20(16(2)21)17-7-5-3-4-6-8-17/h9-12,17,19H,3-8,13-14H2,1-2H3. The molecule has 2 rings (SSSR count). The highest BCUT2D eigenvalue weighted by atomic mass is 32.2. The summed E-state index contributed by atoms with van der Waals surface area (Å²) >= 11 is 0. The Labute approximate surface area is 145 Å². The van der Waals surface area contributed by atoms with Crippen LogP contribution in [-0.2, 0) is 14.8 Å². The molecule has 0 radical (unpaired) electrons. The predicted octanol–water partition coefficient (Wildman–Crippen LogP) is 2.84. The molecule has 1 aliphatic rings. The van der Waals surface area contributed by atoms with E-state index in [1.807, 2.05) is 11.8 Å². The van der Waals surface area contributed by atoms with Gasteiger partial charge in [-0.3, -0.25) is 4.79 Å². The Morgan fingerprint density at radius 1 is 1.12 bits per heavy atom. The molecule has 1 aromatic rings. The van der Waals surface area contributed by atoms with Gasteiger partial charge in [0, 0.05) is 26.1 Å². The predicted molar refractivity (Wildman–Crippen MR) is 95.2 cm³/mol. The maximum absolute atomic E-state index is 12.3. The third kappa shape index (κ3) is 5.31. The lowest BCUT2D eigenvalue weighted by Crippen LogP contribution is -2.43. The normalized spacial score (nSPS) is 16.6. The van der Waals surface area contributed by atoms with Crippen molar-refractivity contribution in [1.82, 2.24) is 9.62 Å². The number of nitrogens with one attached hydrogen (secondary N) is 1. The van der Waals surface area contributed by atoms with Gasteiger partial charge in [-0.2, -0.15) is 0 Å². The molecule has 1 fully saturated rings. The summed E-state index contributed by atoms with van der Waals surface area (Å²) in [5.41, 5.74) is 1.02. The van der Waals surface area contributed by atoms with Crippen LogP contribution >= 0.6 is 0 Å². The van der Waals surface area contributed by atoms with Gasteiger partial charge in [-0.05, 0) is 31.9 Å². The number of rotatable bonds is 6. The smallest absolute Gasteiger partial charge is 0.240 e. The Balaban J connectivity index is 1.94. The first-order valence-electron chi connectivity index (χ1n) is 8.74. The second kappa shape index (κ2) is 8.62. The van der Waals surface area contributed by atoms with Crippen LogP contribution in [0.5, 0.6) is 0 Å². The number of nitrogens with zero attached hydrogens (tertiary/aromatic N) is 1. The van der Waals surface area contributed by atoms with E-state index in [1.165, 1.54) is 12.8 Å². The van der Waals surface area contributed by atoms with Gasteiger partial charge in [-0.25, -0.2) is 13.1 Å². The summed E-state index contributed by atoms with van der Waals surface area (Å²) in [6, 6.07) is 7.01. The second-order valence-corrected chi connectivity index (χ2v) is 8.34. The van der Waals surface area contributed by atoms with Crippen molar-refractivity contribution < 1.29 is 13.2 Å². The summed E-state index contributed by atoms with van der Waals surface area (Å²) in [6.45, 7) is 4.15. The highest BCUT2D eigenvalue weighted by Gasteiger charge is 2.22. The molecule has 0 aromatic heterocycles. The van der Waals surface area contributed by atoms with Crippen molar-refractivity contribution in [3.8, 4) is 0 Å².